The number of esters is 1. The van der Waals surface area contributed by atoms with Crippen LogP contribution in [0.25, 0.3) is 0 Å². The monoisotopic (exact) mass is 373 g/mol. The highest BCUT2D eigenvalue weighted by Gasteiger charge is 2.45. The summed E-state index contributed by atoms with van der Waals surface area (Å²) in [6.45, 7) is 1.86. The van der Waals surface area contributed by atoms with Crippen LogP contribution in [0.5, 0.6) is 0 Å². The molecule has 1 heterocycles. The molecular formula is C19H20ClN3O3. The number of nitrogens with two attached hydrogens (primary N) is 1. The van der Waals surface area contributed by atoms with Crippen LogP contribution in [0.4, 0.5) is 0 Å². The number of pyridine rings is 1. The van der Waals surface area contributed by atoms with Gasteiger partial charge in [0.05, 0.1) is 19.1 Å². The normalized spacial score (nSPS) is 13.4. The number of benzene rings is 1. The first-order valence-electron chi connectivity index (χ1n) is 7.79. The average molecular weight is 374 g/mol. The highest BCUT2D eigenvalue weighted by Crippen LogP contribution is 2.35. The Morgan fingerprint density at radius 2 is 1.77 bits per heavy atom. The number of methoxy groups -OCH3 is 1. The molecule has 0 bridgehead atoms. The van der Waals surface area contributed by atoms with Gasteiger partial charge in [0.2, 0.25) is 6.04 Å². The lowest BCUT2D eigenvalue weighted by Crippen LogP contribution is -3.00. The number of ether oxygens (including phenoxy) is 1. The maximum atomic E-state index is 12.3. The minimum atomic E-state index is -1.17. The van der Waals surface area contributed by atoms with E-state index >= 15 is 0 Å². The lowest BCUT2D eigenvalue weighted by atomic mass is 9.78. The van der Waals surface area contributed by atoms with Gasteiger partial charge in [-0.15, -0.1) is 0 Å². The third-order valence-corrected chi connectivity index (χ3v) is 4.19. The number of nitriles is 1. The Balaban J connectivity index is 0.00000338. The van der Waals surface area contributed by atoms with Crippen LogP contribution >= 0.6 is 0 Å². The van der Waals surface area contributed by atoms with Crippen LogP contribution < -0.4 is 22.7 Å². The fraction of sp³-hybridized carbons (Fsp3) is 0.263. The third-order valence-electron chi connectivity index (χ3n) is 4.19. The SMILES string of the molecule is COC(=O)C(C#N)[C@@H](c1ccccc1C)[C@@H](C(N)=O)[n+]1ccccc1.[Cl-]. The Labute approximate surface area is 158 Å². The minimum absolute atomic E-state index is 0. The molecular weight excluding hydrogens is 354 g/mol. The average Bonchev–Trinajstić information content (AvgIpc) is 2.62. The van der Waals surface area contributed by atoms with Crippen molar-refractivity contribution >= 4 is 11.9 Å². The highest BCUT2D eigenvalue weighted by atomic mass is 35.5. The van der Waals surface area contributed by atoms with Crippen molar-refractivity contribution in [3.05, 3.63) is 66.0 Å². The van der Waals surface area contributed by atoms with Crippen molar-refractivity contribution < 1.29 is 31.3 Å². The molecule has 0 spiro atoms. The van der Waals surface area contributed by atoms with Crippen LogP contribution in [0, 0.1) is 24.2 Å². The zero-order valence-corrected chi connectivity index (χ0v) is 15.3. The first-order valence-corrected chi connectivity index (χ1v) is 7.79. The molecule has 2 rings (SSSR count). The Hall–Kier alpha value is -2.91. The molecule has 1 unspecified atom stereocenters. The second-order valence-corrected chi connectivity index (χ2v) is 5.68. The number of primary amides is 1. The summed E-state index contributed by atoms with van der Waals surface area (Å²) in [7, 11) is 1.22. The molecule has 0 aliphatic carbocycles. The van der Waals surface area contributed by atoms with E-state index in [1.165, 1.54) is 7.11 Å². The molecule has 0 radical (unpaired) electrons. The van der Waals surface area contributed by atoms with Gasteiger partial charge in [0.1, 0.15) is 0 Å². The van der Waals surface area contributed by atoms with Crippen LogP contribution in [-0.4, -0.2) is 19.0 Å². The van der Waals surface area contributed by atoms with E-state index < -0.39 is 29.8 Å². The van der Waals surface area contributed by atoms with Crippen LogP contribution in [0.3, 0.4) is 0 Å². The zero-order valence-electron chi connectivity index (χ0n) is 14.5. The molecule has 0 saturated carbocycles. The molecule has 2 N–H and O–H groups in total. The van der Waals surface area contributed by atoms with Gasteiger partial charge in [-0.05, 0) is 18.1 Å². The Morgan fingerprint density at radius 1 is 1.15 bits per heavy atom. The molecule has 0 aliphatic heterocycles. The number of hydrogen-bond donors (Lipinski definition) is 1. The lowest BCUT2D eigenvalue weighted by Gasteiger charge is -2.25. The van der Waals surface area contributed by atoms with Crippen LogP contribution in [0.1, 0.15) is 23.1 Å². The van der Waals surface area contributed by atoms with E-state index in [9.17, 15) is 14.9 Å². The van der Waals surface area contributed by atoms with Crippen LogP contribution in [0.15, 0.2) is 54.9 Å². The van der Waals surface area contributed by atoms with Gasteiger partial charge in [-0.25, -0.2) is 0 Å². The van der Waals surface area contributed by atoms with Gasteiger partial charge in [-0.2, -0.15) is 9.83 Å². The van der Waals surface area contributed by atoms with Gasteiger partial charge < -0.3 is 22.9 Å². The molecule has 0 saturated heterocycles. The van der Waals surface area contributed by atoms with Crippen molar-refractivity contribution in [1.82, 2.24) is 0 Å². The molecule has 0 fully saturated rings. The lowest BCUT2D eigenvalue weighted by molar-refractivity contribution is -0.712. The molecule has 0 aliphatic rings. The predicted octanol–water partition coefficient (Wildman–Crippen LogP) is -1.59. The third kappa shape index (κ3) is 4.38. The largest absolute Gasteiger partial charge is 1.00 e. The number of nitrogens with zero attached hydrogens (tertiary/aromatic N) is 2. The fourth-order valence-corrected chi connectivity index (χ4v) is 3.01. The van der Waals surface area contributed by atoms with Crippen molar-refractivity contribution in [2.24, 2.45) is 11.7 Å². The highest BCUT2D eigenvalue weighted by molar-refractivity contribution is 5.82. The van der Waals surface area contributed by atoms with E-state index in [1.54, 1.807) is 47.3 Å². The second-order valence-electron chi connectivity index (χ2n) is 5.68. The van der Waals surface area contributed by atoms with E-state index in [1.807, 2.05) is 25.1 Å². The quantitative estimate of drug-likeness (QED) is 0.487. The number of hydrogen-bond acceptors (Lipinski definition) is 4. The molecule has 7 heteroatoms. The van der Waals surface area contributed by atoms with Gasteiger partial charge in [-0.3, -0.25) is 9.59 Å². The first-order chi connectivity index (χ1) is 12.0. The molecule has 26 heavy (non-hydrogen) atoms. The van der Waals surface area contributed by atoms with Gasteiger partial charge in [0.25, 0.3) is 5.91 Å². The summed E-state index contributed by atoms with van der Waals surface area (Å²) >= 11 is 0. The summed E-state index contributed by atoms with van der Waals surface area (Å²) in [5, 5.41) is 9.62. The first kappa shape index (κ1) is 21.1. The molecule has 2 aromatic rings. The topological polar surface area (TPSA) is 97.1 Å². The number of amides is 1. The smallest absolute Gasteiger partial charge is 0.323 e. The second kappa shape index (κ2) is 9.54. The van der Waals surface area contributed by atoms with Crippen LogP contribution in [0.2, 0.25) is 0 Å². The van der Waals surface area contributed by atoms with Crippen molar-refractivity contribution in [2.75, 3.05) is 7.11 Å². The number of rotatable bonds is 6. The maximum Gasteiger partial charge on any atom is 0.323 e. The summed E-state index contributed by atoms with van der Waals surface area (Å²) < 4.78 is 6.41. The zero-order chi connectivity index (χ0) is 18.4. The van der Waals surface area contributed by atoms with Gasteiger partial charge in [0, 0.05) is 12.1 Å². The van der Waals surface area contributed by atoms with Crippen LogP contribution in [-0.2, 0) is 14.3 Å². The Morgan fingerprint density at radius 3 is 2.27 bits per heavy atom. The summed E-state index contributed by atoms with van der Waals surface area (Å²) in [5.74, 6) is -3.27. The number of halogens is 1. The van der Waals surface area contributed by atoms with E-state index in [0.29, 0.717) is 5.56 Å². The van der Waals surface area contributed by atoms with E-state index in [-0.39, 0.29) is 12.4 Å². The molecule has 1 aromatic heterocycles. The van der Waals surface area contributed by atoms with E-state index in [0.717, 1.165) is 5.56 Å². The number of carbonyl (C=O) groups excluding carboxylic acids is 2. The van der Waals surface area contributed by atoms with Crippen molar-refractivity contribution in [2.45, 2.75) is 18.9 Å². The molecule has 136 valence electrons. The Bertz CT molecular complexity index is 805. The molecule has 1 amide bonds. The van der Waals surface area contributed by atoms with Gasteiger partial charge in [0.15, 0.2) is 18.3 Å². The van der Waals surface area contributed by atoms with E-state index in [2.05, 4.69) is 0 Å². The maximum absolute atomic E-state index is 12.3. The summed E-state index contributed by atoms with van der Waals surface area (Å²) in [6, 6.07) is 13.7. The predicted molar refractivity (Wildman–Crippen MR) is 89.9 cm³/mol. The van der Waals surface area contributed by atoms with Gasteiger partial charge >= 0.3 is 5.97 Å². The van der Waals surface area contributed by atoms with Crippen molar-refractivity contribution in [1.29, 1.82) is 5.26 Å². The van der Waals surface area contributed by atoms with E-state index in [4.69, 9.17) is 10.5 Å². The number of carbonyl (C=O) groups is 2. The van der Waals surface area contributed by atoms with Crippen molar-refractivity contribution in [3.8, 4) is 6.07 Å². The number of aromatic nitrogens is 1. The summed E-state index contributed by atoms with van der Waals surface area (Å²) in [5.41, 5.74) is 7.24. The van der Waals surface area contributed by atoms with Gasteiger partial charge in [-0.1, -0.05) is 30.3 Å². The Kier molecular flexibility index (Phi) is 7.76. The van der Waals surface area contributed by atoms with Crippen molar-refractivity contribution in [3.63, 3.8) is 0 Å². The summed E-state index contributed by atoms with van der Waals surface area (Å²) in [4.78, 5) is 24.5. The minimum Gasteiger partial charge on any atom is -1.00 e. The molecule has 1 aromatic carbocycles. The fourth-order valence-electron chi connectivity index (χ4n) is 3.01. The number of aryl methyl sites for hydroxylation is 1. The molecule has 3 atom stereocenters. The molecule has 6 nitrogen and oxygen atoms in total. The summed E-state index contributed by atoms with van der Waals surface area (Å²) in [6.07, 6.45) is 3.37. The standard InChI is InChI=1S/C19H19N3O3.ClH/c1-13-8-4-5-9-14(13)16(15(12-20)19(24)25-2)17(18(21)23)22-10-6-3-7-11-22;/h3-11,15-17H,1-2H3,(H-,21,23);1H/t15?,16-,17+;/m1./s1.